The Labute approximate surface area is 108 Å². The van der Waals surface area contributed by atoms with Crippen molar-refractivity contribution in [3.8, 4) is 0 Å². The minimum atomic E-state index is 0.528. The van der Waals surface area contributed by atoms with Crippen molar-refractivity contribution in [2.24, 2.45) is 4.99 Å². The van der Waals surface area contributed by atoms with Gasteiger partial charge in [-0.1, -0.05) is 55.9 Å². The SMILES string of the molecule is CCC1CN=C(NCC(C)c2ccccc2)S1. The zero-order valence-electron chi connectivity index (χ0n) is 10.5. The summed E-state index contributed by atoms with van der Waals surface area (Å²) in [7, 11) is 0. The Morgan fingerprint density at radius 1 is 1.41 bits per heavy atom. The topological polar surface area (TPSA) is 24.4 Å². The van der Waals surface area contributed by atoms with E-state index in [1.54, 1.807) is 0 Å². The average Bonchev–Trinajstić information content (AvgIpc) is 2.85. The molecule has 1 aliphatic rings. The van der Waals surface area contributed by atoms with E-state index in [0.29, 0.717) is 11.2 Å². The zero-order valence-corrected chi connectivity index (χ0v) is 11.3. The number of nitrogens with one attached hydrogen (secondary N) is 1. The molecule has 0 fully saturated rings. The summed E-state index contributed by atoms with van der Waals surface area (Å²) in [5, 5.41) is 5.27. The highest BCUT2D eigenvalue weighted by Gasteiger charge is 2.17. The number of hydrogen-bond acceptors (Lipinski definition) is 3. The van der Waals surface area contributed by atoms with Crippen molar-refractivity contribution in [3.05, 3.63) is 35.9 Å². The molecule has 1 N–H and O–H groups in total. The van der Waals surface area contributed by atoms with Gasteiger partial charge in [0.15, 0.2) is 5.17 Å². The molecule has 1 heterocycles. The number of amidine groups is 1. The zero-order chi connectivity index (χ0) is 12.1. The lowest BCUT2D eigenvalue weighted by atomic mass is 10.0. The van der Waals surface area contributed by atoms with E-state index in [4.69, 9.17) is 0 Å². The molecule has 2 unspecified atom stereocenters. The molecule has 92 valence electrons. The minimum Gasteiger partial charge on any atom is -0.364 e. The summed E-state index contributed by atoms with van der Waals surface area (Å²) in [5.74, 6) is 0.528. The molecule has 0 aliphatic carbocycles. The van der Waals surface area contributed by atoms with Crippen LogP contribution >= 0.6 is 11.8 Å². The first-order valence-electron chi connectivity index (χ1n) is 6.29. The molecule has 0 radical (unpaired) electrons. The second-order valence-electron chi connectivity index (χ2n) is 4.49. The van der Waals surface area contributed by atoms with Crippen LogP contribution in [-0.2, 0) is 0 Å². The summed E-state index contributed by atoms with van der Waals surface area (Å²) in [4.78, 5) is 4.52. The van der Waals surface area contributed by atoms with Crippen LogP contribution in [0.25, 0.3) is 0 Å². The molecule has 3 heteroatoms. The summed E-state index contributed by atoms with van der Waals surface area (Å²) in [6, 6.07) is 10.6. The molecule has 0 saturated heterocycles. The van der Waals surface area contributed by atoms with E-state index in [0.717, 1.165) is 18.3 Å². The Balaban J connectivity index is 1.79. The molecule has 2 nitrogen and oxygen atoms in total. The van der Waals surface area contributed by atoms with E-state index in [9.17, 15) is 0 Å². The van der Waals surface area contributed by atoms with Crippen LogP contribution in [0.1, 0.15) is 31.7 Å². The second-order valence-corrected chi connectivity index (χ2v) is 5.78. The van der Waals surface area contributed by atoms with Gasteiger partial charge in [0.1, 0.15) is 0 Å². The molecule has 2 atom stereocenters. The smallest absolute Gasteiger partial charge is 0.156 e. The van der Waals surface area contributed by atoms with E-state index in [-0.39, 0.29) is 0 Å². The standard InChI is InChI=1S/C14H20N2S/c1-3-13-10-16-14(17-13)15-9-11(2)12-7-5-4-6-8-12/h4-8,11,13H,3,9-10H2,1-2H3,(H,15,16). The Hall–Kier alpha value is -0.960. The van der Waals surface area contributed by atoms with Crippen molar-refractivity contribution in [2.45, 2.75) is 31.4 Å². The van der Waals surface area contributed by atoms with Crippen LogP contribution in [0.4, 0.5) is 0 Å². The number of hydrogen-bond donors (Lipinski definition) is 1. The molecule has 0 saturated carbocycles. The molecular weight excluding hydrogens is 228 g/mol. The second kappa shape index (κ2) is 6.10. The normalized spacial score (nSPS) is 21.1. The van der Waals surface area contributed by atoms with Crippen LogP contribution in [0.15, 0.2) is 35.3 Å². The summed E-state index contributed by atoms with van der Waals surface area (Å²) in [6.45, 7) is 6.41. The largest absolute Gasteiger partial charge is 0.364 e. The summed E-state index contributed by atoms with van der Waals surface area (Å²) >= 11 is 1.89. The number of nitrogens with zero attached hydrogens (tertiary/aromatic N) is 1. The molecule has 2 rings (SSSR count). The van der Waals surface area contributed by atoms with Gasteiger partial charge in [0, 0.05) is 11.8 Å². The van der Waals surface area contributed by atoms with Crippen molar-refractivity contribution in [3.63, 3.8) is 0 Å². The third-order valence-electron chi connectivity index (χ3n) is 3.10. The van der Waals surface area contributed by atoms with E-state index in [1.165, 1.54) is 12.0 Å². The fraction of sp³-hybridized carbons (Fsp3) is 0.500. The number of benzene rings is 1. The molecule has 1 aromatic carbocycles. The number of rotatable bonds is 4. The van der Waals surface area contributed by atoms with Crippen molar-refractivity contribution in [1.29, 1.82) is 0 Å². The van der Waals surface area contributed by atoms with Gasteiger partial charge in [-0.25, -0.2) is 0 Å². The summed E-state index contributed by atoms with van der Waals surface area (Å²) < 4.78 is 0. The van der Waals surface area contributed by atoms with Gasteiger partial charge in [0.25, 0.3) is 0 Å². The van der Waals surface area contributed by atoms with E-state index in [1.807, 2.05) is 11.8 Å². The molecular formula is C14H20N2S. The maximum absolute atomic E-state index is 4.52. The highest BCUT2D eigenvalue weighted by Crippen LogP contribution is 2.22. The third kappa shape index (κ3) is 3.50. The molecule has 17 heavy (non-hydrogen) atoms. The van der Waals surface area contributed by atoms with Crippen molar-refractivity contribution in [2.75, 3.05) is 13.1 Å². The number of aliphatic imine (C=N–C) groups is 1. The molecule has 0 bridgehead atoms. The maximum Gasteiger partial charge on any atom is 0.156 e. The van der Waals surface area contributed by atoms with Gasteiger partial charge in [0.2, 0.25) is 0 Å². The van der Waals surface area contributed by atoms with Crippen molar-refractivity contribution < 1.29 is 0 Å². The highest BCUT2D eigenvalue weighted by molar-refractivity contribution is 8.14. The van der Waals surface area contributed by atoms with Gasteiger partial charge in [-0.3, -0.25) is 4.99 Å². The molecule has 1 aromatic rings. The van der Waals surface area contributed by atoms with Crippen LogP contribution in [0.3, 0.4) is 0 Å². The van der Waals surface area contributed by atoms with Crippen LogP contribution in [0.5, 0.6) is 0 Å². The van der Waals surface area contributed by atoms with Gasteiger partial charge >= 0.3 is 0 Å². The average molecular weight is 248 g/mol. The van der Waals surface area contributed by atoms with E-state index < -0.39 is 0 Å². The fourth-order valence-electron chi connectivity index (χ4n) is 1.87. The quantitative estimate of drug-likeness (QED) is 0.884. The minimum absolute atomic E-state index is 0.528. The van der Waals surface area contributed by atoms with Crippen molar-refractivity contribution >= 4 is 16.9 Å². The van der Waals surface area contributed by atoms with Gasteiger partial charge in [-0.15, -0.1) is 0 Å². The lowest BCUT2D eigenvalue weighted by molar-refractivity contribution is 0.723. The fourth-order valence-corrected chi connectivity index (χ4v) is 2.81. The Kier molecular flexibility index (Phi) is 4.49. The Bertz CT molecular complexity index is 375. The van der Waals surface area contributed by atoms with Gasteiger partial charge in [-0.2, -0.15) is 0 Å². The van der Waals surface area contributed by atoms with Gasteiger partial charge in [0.05, 0.1) is 6.54 Å². The monoisotopic (exact) mass is 248 g/mol. The van der Waals surface area contributed by atoms with Gasteiger partial charge in [-0.05, 0) is 17.9 Å². The first-order valence-corrected chi connectivity index (χ1v) is 7.17. The van der Waals surface area contributed by atoms with Crippen LogP contribution in [-0.4, -0.2) is 23.5 Å². The predicted molar refractivity (Wildman–Crippen MR) is 76.8 cm³/mol. The molecule has 0 aromatic heterocycles. The third-order valence-corrected chi connectivity index (χ3v) is 4.41. The van der Waals surface area contributed by atoms with Crippen molar-refractivity contribution in [1.82, 2.24) is 5.32 Å². The first kappa shape index (κ1) is 12.5. The van der Waals surface area contributed by atoms with E-state index >= 15 is 0 Å². The van der Waals surface area contributed by atoms with Gasteiger partial charge < -0.3 is 5.32 Å². The van der Waals surface area contributed by atoms with E-state index in [2.05, 4.69) is 54.5 Å². The first-order chi connectivity index (χ1) is 8.29. The predicted octanol–water partition coefficient (Wildman–Crippen LogP) is 3.26. The molecule has 1 aliphatic heterocycles. The van der Waals surface area contributed by atoms with Crippen LogP contribution in [0, 0.1) is 0 Å². The Morgan fingerprint density at radius 3 is 2.82 bits per heavy atom. The summed E-state index contributed by atoms with van der Waals surface area (Å²) in [5.41, 5.74) is 1.38. The maximum atomic E-state index is 4.52. The van der Waals surface area contributed by atoms with Crippen LogP contribution < -0.4 is 5.32 Å². The molecule has 0 spiro atoms. The lowest BCUT2D eigenvalue weighted by Crippen LogP contribution is -2.24. The lowest BCUT2D eigenvalue weighted by Gasteiger charge is -2.13. The highest BCUT2D eigenvalue weighted by atomic mass is 32.2. The Morgan fingerprint density at radius 2 is 2.18 bits per heavy atom. The summed E-state index contributed by atoms with van der Waals surface area (Å²) in [6.07, 6.45) is 1.20. The number of thioether (sulfide) groups is 1. The van der Waals surface area contributed by atoms with Crippen LogP contribution in [0.2, 0.25) is 0 Å². The molecule has 0 amide bonds.